The van der Waals surface area contributed by atoms with Crippen LogP contribution in [-0.2, 0) is 19.5 Å². The van der Waals surface area contributed by atoms with Crippen molar-refractivity contribution in [3.63, 3.8) is 0 Å². The minimum absolute atomic E-state index is 0.0852. The van der Waals surface area contributed by atoms with Crippen molar-refractivity contribution in [3.05, 3.63) is 58.3 Å². The summed E-state index contributed by atoms with van der Waals surface area (Å²) in [6.45, 7) is 3.74. The Morgan fingerprint density at radius 2 is 1.90 bits per heavy atom. The molecule has 0 unspecified atom stereocenters. The standard InChI is InChI=1S/C20H20ClNO6S/c1-12-10-15(5-6-17(12)21)29(24,25)22-14-4-7-18-16(11-14)19(13(2)28-18)20(23)27-9-8-26-3/h4-7,10-11,22H,8-9H2,1-3H3. The van der Waals surface area contributed by atoms with Crippen LogP contribution in [0, 0.1) is 13.8 Å². The number of carbonyl (C=O) groups is 1. The molecule has 0 atom stereocenters. The first-order chi connectivity index (χ1) is 13.7. The van der Waals surface area contributed by atoms with E-state index in [1.807, 2.05) is 0 Å². The molecule has 3 rings (SSSR count). The third kappa shape index (κ3) is 4.55. The third-order valence-corrected chi connectivity index (χ3v) is 6.08. The molecule has 1 N–H and O–H groups in total. The minimum atomic E-state index is -3.84. The molecule has 0 aliphatic heterocycles. The van der Waals surface area contributed by atoms with Gasteiger partial charge in [0, 0.05) is 23.2 Å². The molecule has 3 aromatic rings. The van der Waals surface area contributed by atoms with E-state index in [1.165, 1.54) is 25.3 Å². The van der Waals surface area contributed by atoms with E-state index < -0.39 is 16.0 Å². The Kier molecular flexibility index (Phi) is 6.16. The van der Waals surface area contributed by atoms with Gasteiger partial charge in [0.1, 0.15) is 23.5 Å². The Bertz CT molecular complexity index is 1170. The van der Waals surface area contributed by atoms with Crippen molar-refractivity contribution in [2.24, 2.45) is 0 Å². The number of furan rings is 1. The number of aryl methyl sites for hydroxylation is 2. The number of hydrogen-bond acceptors (Lipinski definition) is 6. The number of anilines is 1. The van der Waals surface area contributed by atoms with Gasteiger partial charge in [0.25, 0.3) is 10.0 Å². The third-order valence-electron chi connectivity index (χ3n) is 4.28. The lowest BCUT2D eigenvalue weighted by atomic mass is 10.1. The molecule has 1 aromatic heterocycles. The van der Waals surface area contributed by atoms with E-state index in [0.29, 0.717) is 27.3 Å². The zero-order chi connectivity index (χ0) is 21.2. The van der Waals surface area contributed by atoms with Crippen LogP contribution in [0.5, 0.6) is 0 Å². The number of sulfonamides is 1. The Labute approximate surface area is 173 Å². The minimum Gasteiger partial charge on any atom is -0.460 e. The fraction of sp³-hybridized carbons (Fsp3) is 0.250. The molecule has 0 fully saturated rings. The molecule has 0 radical (unpaired) electrons. The zero-order valence-electron chi connectivity index (χ0n) is 16.1. The Morgan fingerprint density at radius 1 is 1.14 bits per heavy atom. The molecule has 0 spiro atoms. The predicted octanol–water partition coefficient (Wildman–Crippen LogP) is 4.31. The molecule has 1 heterocycles. The number of carbonyl (C=O) groups excluding carboxylic acids is 1. The summed E-state index contributed by atoms with van der Waals surface area (Å²) in [5.41, 5.74) is 1.64. The van der Waals surface area contributed by atoms with Gasteiger partial charge < -0.3 is 13.9 Å². The van der Waals surface area contributed by atoms with Gasteiger partial charge in [0.05, 0.1) is 11.5 Å². The van der Waals surface area contributed by atoms with Crippen LogP contribution in [0.25, 0.3) is 11.0 Å². The SMILES string of the molecule is COCCOC(=O)c1c(C)oc2ccc(NS(=O)(=O)c3ccc(Cl)c(C)c3)cc12. The topological polar surface area (TPSA) is 94.8 Å². The van der Waals surface area contributed by atoms with E-state index in [4.69, 9.17) is 25.5 Å². The largest absolute Gasteiger partial charge is 0.460 e. The summed E-state index contributed by atoms with van der Waals surface area (Å²) in [5.74, 6) is -0.178. The molecule has 0 saturated carbocycles. The van der Waals surface area contributed by atoms with Crippen LogP contribution in [0.3, 0.4) is 0 Å². The Morgan fingerprint density at radius 3 is 2.59 bits per heavy atom. The maximum absolute atomic E-state index is 12.7. The van der Waals surface area contributed by atoms with Crippen molar-refractivity contribution in [1.29, 1.82) is 0 Å². The maximum atomic E-state index is 12.7. The molecular weight excluding hydrogens is 418 g/mol. The number of esters is 1. The van der Waals surface area contributed by atoms with Crippen LogP contribution in [0.4, 0.5) is 5.69 Å². The van der Waals surface area contributed by atoms with Gasteiger partial charge in [-0.2, -0.15) is 0 Å². The lowest BCUT2D eigenvalue weighted by Gasteiger charge is -2.10. The molecule has 7 nitrogen and oxygen atoms in total. The molecule has 2 aromatic carbocycles. The highest BCUT2D eigenvalue weighted by Crippen LogP contribution is 2.30. The average Bonchev–Trinajstić information content (AvgIpc) is 2.98. The Hall–Kier alpha value is -2.55. The molecule has 0 aliphatic carbocycles. The average molecular weight is 438 g/mol. The van der Waals surface area contributed by atoms with Crippen LogP contribution in [0.2, 0.25) is 5.02 Å². The zero-order valence-corrected chi connectivity index (χ0v) is 17.7. The first-order valence-corrected chi connectivity index (χ1v) is 10.6. The highest BCUT2D eigenvalue weighted by Gasteiger charge is 2.21. The van der Waals surface area contributed by atoms with Crippen molar-refractivity contribution in [2.45, 2.75) is 18.7 Å². The van der Waals surface area contributed by atoms with E-state index in [-0.39, 0.29) is 29.4 Å². The molecule has 9 heteroatoms. The predicted molar refractivity (Wildman–Crippen MR) is 110 cm³/mol. The monoisotopic (exact) mass is 437 g/mol. The van der Waals surface area contributed by atoms with Crippen molar-refractivity contribution in [2.75, 3.05) is 25.0 Å². The smallest absolute Gasteiger partial charge is 0.342 e. The highest BCUT2D eigenvalue weighted by atomic mass is 35.5. The van der Waals surface area contributed by atoms with Crippen LogP contribution in [0.1, 0.15) is 21.7 Å². The molecule has 0 aliphatic rings. The summed E-state index contributed by atoms with van der Waals surface area (Å²) in [7, 11) is -2.33. The molecule has 0 bridgehead atoms. The maximum Gasteiger partial charge on any atom is 0.342 e. The fourth-order valence-electron chi connectivity index (χ4n) is 2.83. The van der Waals surface area contributed by atoms with Gasteiger partial charge in [-0.15, -0.1) is 0 Å². The number of methoxy groups -OCH3 is 1. The quantitative estimate of drug-likeness (QED) is 0.437. The van der Waals surface area contributed by atoms with Gasteiger partial charge in [-0.05, 0) is 55.8 Å². The van der Waals surface area contributed by atoms with Gasteiger partial charge in [0.2, 0.25) is 0 Å². The molecule has 0 saturated heterocycles. The van der Waals surface area contributed by atoms with Gasteiger partial charge in [0.15, 0.2) is 0 Å². The van der Waals surface area contributed by atoms with Gasteiger partial charge in [-0.25, -0.2) is 13.2 Å². The number of benzene rings is 2. The number of nitrogens with one attached hydrogen (secondary N) is 1. The highest BCUT2D eigenvalue weighted by molar-refractivity contribution is 7.92. The summed E-state index contributed by atoms with van der Waals surface area (Å²) in [5, 5.41) is 0.938. The van der Waals surface area contributed by atoms with Crippen LogP contribution >= 0.6 is 11.6 Å². The Balaban J connectivity index is 1.93. The molecule has 154 valence electrons. The second-order valence-corrected chi connectivity index (χ2v) is 8.48. The van der Waals surface area contributed by atoms with Crippen molar-refractivity contribution in [1.82, 2.24) is 0 Å². The van der Waals surface area contributed by atoms with Gasteiger partial charge in [-0.1, -0.05) is 11.6 Å². The van der Waals surface area contributed by atoms with E-state index in [9.17, 15) is 13.2 Å². The number of fused-ring (bicyclic) bond motifs is 1. The summed E-state index contributed by atoms with van der Waals surface area (Å²) < 4.78 is 43.6. The summed E-state index contributed by atoms with van der Waals surface area (Å²) in [6.07, 6.45) is 0. The van der Waals surface area contributed by atoms with Gasteiger partial charge >= 0.3 is 5.97 Å². The summed E-state index contributed by atoms with van der Waals surface area (Å²) in [4.78, 5) is 12.5. The van der Waals surface area contributed by atoms with E-state index in [2.05, 4.69) is 4.72 Å². The van der Waals surface area contributed by atoms with Crippen LogP contribution < -0.4 is 4.72 Å². The molecule has 29 heavy (non-hydrogen) atoms. The lowest BCUT2D eigenvalue weighted by Crippen LogP contribution is -2.13. The van der Waals surface area contributed by atoms with Crippen LogP contribution in [0.15, 0.2) is 45.7 Å². The van der Waals surface area contributed by atoms with Gasteiger partial charge in [-0.3, -0.25) is 4.72 Å². The van der Waals surface area contributed by atoms with Crippen LogP contribution in [-0.4, -0.2) is 34.7 Å². The van der Waals surface area contributed by atoms with E-state index in [0.717, 1.165) is 0 Å². The summed E-state index contributed by atoms with van der Waals surface area (Å²) in [6, 6.07) is 9.15. The number of ether oxygens (including phenoxy) is 2. The first-order valence-electron chi connectivity index (χ1n) is 8.71. The number of rotatable bonds is 7. The number of halogens is 1. The fourth-order valence-corrected chi connectivity index (χ4v) is 4.08. The van der Waals surface area contributed by atoms with E-state index in [1.54, 1.807) is 32.0 Å². The molecule has 0 amide bonds. The number of hydrogen-bond donors (Lipinski definition) is 1. The van der Waals surface area contributed by atoms with E-state index >= 15 is 0 Å². The second-order valence-electron chi connectivity index (χ2n) is 6.39. The van der Waals surface area contributed by atoms with Crippen molar-refractivity contribution in [3.8, 4) is 0 Å². The second kappa shape index (κ2) is 8.44. The summed E-state index contributed by atoms with van der Waals surface area (Å²) >= 11 is 5.97. The lowest BCUT2D eigenvalue weighted by molar-refractivity contribution is 0.0388. The van der Waals surface area contributed by atoms with Crippen molar-refractivity contribution < 1.29 is 27.1 Å². The normalized spacial score (nSPS) is 11.6. The first kappa shape index (κ1) is 21.2. The molecular formula is C20H20ClNO6S. The van der Waals surface area contributed by atoms with Crippen molar-refractivity contribution >= 4 is 44.3 Å².